The van der Waals surface area contributed by atoms with Gasteiger partial charge in [0.25, 0.3) is 5.91 Å². The van der Waals surface area contributed by atoms with Gasteiger partial charge in [0.05, 0.1) is 4.88 Å². The van der Waals surface area contributed by atoms with Crippen molar-refractivity contribution in [1.29, 1.82) is 0 Å². The Morgan fingerprint density at radius 1 is 1.18 bits per heavy atom. The Kier molecular flexibility index (Phi) is 4.63. The average molecular weight is 395 g/mol. The third kappa shape index (κ3) is 3.16. The van der Waals surface area contributed by atoms with E-state index in [1.54, 1.807) is 11.8 Å². The standard InChI is InChI=1S/C21H22N4O2S/c1-11-18-12(2)22-13(3)23-21(18)28-19(11)20(27)24-16-7-8-17-15(10-16)6-5-9-25(17)14(4)26/h7-8,10H,5-6,9H2,1-4H3,(H,24,27). The van der Waals surface area contributed by atoms with Gasteiger partial charge in [-0.25, -0.2) is 9.97 Å². The number of thiophene rings is 1. The highest BCUT2D eigenvalue weighted by atomic mass is 32.1. The highest BCUT2D eigenvalue weighted by Crippen LogP contribution is 2.33. The van der Waals surface area contributed by atoms with Crippen molar-refractivity contribution in [2.45, 2.75) is 40.5 Å². The summed E-state index contributed by atoms with van der Waals surface area (Å²) >= 11 is 1.40. The van der Waals surface area contributed by atoms with Crippen molar-refractivity contribution in [2.75, 3.05) is 16.8 Å². The lowest BCUT2D eigenvalue weighted by Gasteiger charge is -2.28. The maximum atomic E-state index is 12.9. The van der Waals surface area contributed by atoms with Crippen LogP contribution in [0.1, 0.15) is 45.7 Å². The number of fused-ring (bicyclic) bond motifs is 2. The first-order chi connectivity index (χ1) is 13.3. The number of aromatic nitrogens is 2. The molecule has 0 aliphatic carbocycles. The number of nitrogens with zero attached hydrogens (tertiary/aromatic N) is 3. The number of rotatable bonds is 2. The Morgan fingerprint density at radius 2 is 1.96 bits per heavy atom. The molecule has 7 heteroatoms. The van der Waals surface area contributed by atoms with Gasteiger partial charge in [-0.15, -0.1) is 11.3 Å². The highest BCUT2D eigenvalue weighted by molar-refractivity contribution is 7.20. The SMILES string of the molecule is CC(=O)N1CCCc2cc(NC(=O)c3sc4nc(C)nc(C)c4c3C)ccc21. The van der Waals surface area contributed by atoms with E-state index < -0.39 is 0 Å². The maximum absolute atomic E-state index is 12.9. The predicted octanol–water partition coefficient (Wildman–Crippen LogP) is 4.17. The molecule has 4 rings (SSSR count). The lowest BCUT2D eigenvalue weighted by molar-refractivity contribution is -0.116. The summed E-state index contributed by atoms with van der Waals surface area (Å²) in [5.41, 5.74) is 4.58. The summed E-state index contributed by atoms with van der Waals surface area (Å²) in [4.78, 5) is 37.0. The molecule has 1 aliphatic rings. The summed E-state index contributed by atoms with van der Waals surface area (Å²) in [5, 5.41) is 3.97. The first-order valence-electron chi connectivity index (χ1n) is 9.32. The molecule has 0 radical (unpaired) electrons. The molecule has 2 aromatic heterocycles. The minimum Gasteiger partial charge on any atom is -0.321 e. The summed E-state index contributed by atoms with van der Waals surface area (Å²) in [6.07, 6.45) is 1.83. The van der Waals surface area contributed by atoms with Crippen LogP contribution in [0, 0.1) is 20.8 Å². The third-order valence-corrected chi connectivity index (χ3v) is 6.31. The molecule has 6 nitrogen and oxygen atoms in total. The van der Waals surface area contributed by atoms with Gasteiger partial charge in [0.2, 0.25) is 5.91 Å². The van der Waals surface area contributed by atoms with E-state index in [1.165, 1.54) is 11.3 Å². The molecule has 0 saturated heterocycles. The van der Waals surface area contributed by atoms with Gasteiger partial charge in [0.1, 0.15) is 10.7 Å². The number of amides is 2. The minimum absolute atomic E-state index is 0.0467. The molecule has 3 heterocycles. The molecule has 1 N–H and O–H groups in total. The predicted molar refractivity (Wildman–Crippen MR) is 112 cm³/mol. The zero-order chi connectivity index (χ0) is 20.0. The third-order valence-electron chi connectivity index (χ3n) is 5.13. The number of hydrogen-bond acceptors (Lipinski definition) is 5. The van der Waals surface area contributed by atoms with Crippen molar-refractivity contribution in [1.82, 2.24) is 9.97 Å². The number of hydrogen-bond donors (Lipinski definition) is 1. The van der Waals surface area contributed by atoms with Crippen molar-refractivity contribution in [3.05, 3.63) is 45.7 Å². The smallest absolute Gasteiger partial charge is 0.266 e. The van der Waals surface area contributed by atoms with E-state index in [0.29, 0.717) is 10.7 Å². The molecule has 1 aliphatic heterocycles. The Labute approximate surface area is 167 Å². The molecule has 3 aromatic rings. The Morgan fingerprint density at radius 3 is 2.71 bits per heavy atom. The molecule has 1 aromatic carbocycles. The van der Waals surface area contributed by atoms with Crippen LogP contribution in [-0.2, 0) is 11.2 Å². The van der Waals surface area contributed by atoms with E-state index in [-0.39, 0.29) is 11.8 Å². The van der Waals surface area contributed by atoms with Gasteiger partial charge in [-0.2, -0.15) is 0 Å². The molecule has 0 bridgehead atoms. The largest absolute Gasteiger partial charge is 0.321 e. The molecule has 0 spiro atoms. The molecule has 0 unspecified atom stereocenters. The monoisotopic (exact) mass is 394 g/mol. The number of benzene rings is 1. The molecule has 28 heavy (non-hydrogen) atoms. The number of aryl methyl sites for hydroxylation is 4. The minimum atomic E-state index is -0.142. The molecular weight excluding hydrogens is 372 g/mol. The summed E-state index contributed by atoms with van der Waals surface area (Å²) < 4.78 is 0. The van der Waals surface area contributed by atoms with Gasteiger partial charge in [-0.3, -0.25) is 9.59 Å². The van der Waals surface area contributed by atoms with Crippen LogP contribution in [0.15, 0.2) is 18.2 Å². The van der Waals surface area contributed by atoms with E-state index >= 15 is 0 Å². The van der Waals surface area contributed by atoms with E-state index in [1.807, 2.05) is 39.0 Å². The van der Waals surface area contributed by atoms with Crippen molar-refractivity contribution in [3.8, 4) is 0 Å². The summed E-state index contributed by atoms with van der Waals surface area (Å²) in [6, 6.07) is 5.75. The van der Waals surface area contributed by atoms with E-state index in [9.17, 15) is 9.59 Å². The van der Waals surface area contributed by atoms with Crippen LogP contribution in [0.3, 0.4) is 0 Å². The normalized spacial score (nSPS) is 13.5. The van der Waals surface area contributed by atoms with Crippen LogP contribution in [0.5, 0.6) is 0 Å². The van der Waals surface area contributed by atoms with Crippen LogP contribution in [0.25, 0.3) is 10.2 Å². The molecule has 0 fully saturated rings. The first-order valence-corrected chi connectivity index (χ1v) is 10.1. The Bertz CT molecular complexity index is 1120. The fraction of sp³-hybridized carbons (Fsp3) is 0.333. The van der Waals surface area contributed by atoms with Crippen LogP contribution in [0.4, 0.5) is 11.4 Å². The van der Waals surface area contributed by atoms with Crippen molar-refractivity contribution < 1.29 is 9.59 Å². The maximum Gasteiger partial charge on any atom is 0.266 e. The fourth-order valence-corrected chi connectivity index (χ4v) is 5.05. The summed E-state index contributed by atoms with van der Waals surface area (Å²) in [5.74, 6) is 0.616. The van der Waals surface area contributed by atoms with Gasteiger partial charge in [-0.1, -0.05) is 0 Å². The number of nitrogens with one attached hydrogen (secondary N) is 1. The number of carbonyl (C=O) groups is 2. The first kappa shape index (κ1) is 18.6. The van der Waals surface area contributed by atoms with Crippen molar-refractivity contribution in [2.24, 2.45) is 0 Å². The average Bonchev–Trinajstić information content (AvgIpc) is 2.97. The van der Waals surface area contributed by atoms with Crippen LogP contribution in [-0.4, -0.2) is 28.3 Å². The van der Waals surface area contributed by atoms with E-state index in [0.717, 1.165) is 57.8 Å². The summed E-state index contributed by atoms with van der Waals surface area (Å²) in [7, 11) is 0. The zero-order valence-electron chi connectivity index (χ0n) is 16.4. The molecule has 2 amide bonds. The van der Waals surface area contributed by atoms with E-state index in [2.05, 4.69) is 15.3 Å². The zero-order valence-corrected chi connectivity index (χ0v) is 17.2. The summed E-state index contributed by atoms with van der Waals surface area (Å²) in [6.45, 7) is 8.08. The number of carbonyl (C=O) groups excluding carboxylic acids is 2. The van der Waals surface area contributed by atoms with E-state index in [4.69, 9.17) is 0 Å². The van der Waals surface area contributed by atoms with Crippen LogP contribution < -0.4 is 10.2 Å². The van der Waals surface area contributed by atoms with Crippen LogP contribution in [0.2, 0.25) is 0 Å². The molecule has 144 valence electrons. The van der Waals surface area contributed by atoms with Crippen molar-refractivity contribution in [3.63, 3.8) is 0 Å². The quantitative estimate of drug-likeness (QED) is 0.708. The topological polar surface area (TPSA) is 75.2 Å². The second-order valence-corrected chi connectivity index (χ2v) is 8.16. The fourth-order valence-electron chi connectivity index (χ4n) is 3.88. The van der Waals surface area contributed by atoms with Crippen LogP contribution >= 0.6 is 11.3 Å². The van der Waals surface area contributed by atoms with Gasteiger partial charge in [0.15, 0.2) is 0 Å². The Balaban J connectivity index is 1.64. The van der Waals surface area contributed by atoms with Gasteiger partial charge in [0, 0.05) is 35.9 Å². The second kappa shape index (κ2) is 6.98. The van der Waals surface area contributed by atoms with Gasteiger partial charge < -0.3 is 10.2 Å². The molecule has 0 saturated carbocycles. The Hall–Kier alpha value is -2.80. The second-order valence-electron chi connectivity index (χ2n) is 7.16. The van der Waals surface area contributed by atoms with Crippen molar-refractivity contribution >= 4 is 44.7 Å². The van der Waals surface area contributed by atoms with Gasteiger partial charge in [-0.05, 0) is 62.9 Å². The molecule has 0 atom stereocenters. The van der Waals surface area contributed by atoms with Gasteiger partial charge >= 0.3 is 0 Å². The molecular formula is C21H22N4O2S. The highest BCUT2D eigenvalue weighted by Gasteiger charge is 2.22. The lowest BCUT2D eigenvalue weighted by Crippen LogP contribution is -2.33. The number of anilines is 2. The lowest BCUT2D eigenvalue weighted by atomic mass is 10.0.